The van der Waals surface area contributed by atoms with E-state index in [0.717, 1.165) is 12.1 Å². The van der Waals surface area contributed by atoms with Crippen LogP contribution in [0.2, 0.25) is 0 Å². The molecule has 1 aromatic carbocycles. The van der Waals surface area contributed by atoms with E-state index in [2.05, 4.69) is 10.0 Å². The molecule has 0 atom stereocenters. The highest BCUT2D eigenvalue weighted by molar-refractivity contribution is 5.62. The standard InChI is InChI=1S/C11H9F3N4O2/c12-11(13,14)9-5-4-8(10(7-9)18(19)20)3-1-2-6-16-17-15/h1,3-5,7H,2,6H2. The molecule has 9 heteroatoms. The lowest BCUT2D eigenvalue weighted by Crippen LogP contribution is -2.06. The van der Waals surface area contributed by atoms with E-state index in [-0.39, 0.29) is 12.1 Å². The van der Waals surface area contributed by atoms with Crippen LogP contribution in [0.4, 0.5) is 18.9 Å². The normalized spacial score (nSPS) is 11.3. The summed E-state index contributed by atoms with van der Waals surface area (Å²) < 4.78 is 37.4. The Kier molecular flexibility index (Phi) is 5.10. The fraction of sp³-hybridized carbons (Fsp3) is 0.273. The van der Waals surface area contributed by atoms with Crippen molar-refractivity contribution in [3.63, 3.8) is 0 Å². The van der Waals surface area contributed by atoms with Gasteiger partial charge >= 0.3 is 6.18 Å². The summed E-state index contributed by atoms with van der Waals surface area (Å²) in [6.45, 7) is 0.168. The Balaban J connectivity index is 3.02. The average molecular weight is 286 g/mol. The van der Waals surface area contributed by atoms with Crippen LogP contribution < -0.4 is 0 Å². The van der Waals surface area contributed by atoms with Crippen molar-refractivity contribution in [1.82, 2.24) is 0 Å². The van der Waals surface area contributed by atoms with Crippen molar-refractivity contribution in [3.05, 3.63) is 56.0 Å². The SMILES string of the molecule is [N-]=[N+]=NCCC=Cc1ccc(C(F)(F)F)cc1[N+](=O)[O-]. The Morgan fingerprint density at radius 3 is 2.70 bits per heavy atom. The molecule has 0 heterocycles. The predicted molar refractivity (Wildman–Crippen MR) is 65.8 cm³/mol. The second-order valence-electron chi connectivity index (χ2n) is 3.67. The van der Waals surface area contributed by atoms with Gasteiger partial charge in [0.2, 0.25) is 0 Å². The number of halogens is 3. The van der Waals surface area contributed by atoms with Gasteiger partial charge in [0.25, 0.3) is 5.69 Å². The van der Waals surface area contributed by atoms with Crippen molar-refractivity contribution in [1.29, 1.82) is 0 Å². The molecule has 6 nitrogen and oxygen atoms in total. The first kappa shape index (κ1) is 15.5. The lowest BCUT2D eigenvalue weighted by molar-refractivity contribution is -0.385. The molecule has 0 fully saturated rings. The molecule has 0 unspecified atom stereocenters. The fourth-order valence-electron chi connectivity index (χ4n) is 1.41. The number of nitrogens with zero attached hydrogens (tertiary/aromatic N) is 4. The zero-order valence-electron chi connectivity index (χ0n) is 10.0. The number of benzene rings is 1. The van der Waals surface area contributed by atoms with Crippen LogP contribution in [0.1, 0.15) is 17.5 Å². The van der Waals surface area contributed by atoms with Crippen molar-refractivity contribution >= 4 is 11.8 Å². The van der Waals surface area contributed by atoms with Crippen molar-refractivity contribution in [2.24, 2.45) is 5.11 Å². The minimum absolute atomic E-state index is 0.0592. The molecule has 0 bridgehead atoms. The van der Waals surface area contributed by atoms with E-state index in [1.54, 1.807) is 0 Å². The molecular formula is C11H9F3N4O2. The molecule has 0 aliphatic heterocycles. The van der Waals surface area contributed by atoms with Crippen LogP contribution in [-0.2, 0) is 6.18 Å². The lowest BCUT2D eigenvalue weighted by Gasteiger charge is -2.07. The third-order valence-electron chi connectivity index (χ3n) is 2.31. The minimum atomic E-state index is -4.63. The topological polar surface area (TPSA) is 91.9 Å². The molecule has 0 N–H and O–H groups in total. The molecule has 0 aliphatic rings. The second kappa shape index (κ2) is 6.58. The van der Waals surface area contributed by atoms with Gasteiger partial charge < -0.3 is 0 Å². The van der Waals surface area contributed by atoms with Gasteiger partial charge in [0.1, 0.15) is 0 Å². The first-order valence-corrected chi connectivity index (χ1v) is 5.39. The van der Waals surface area contributed by atoms with Gasteiger partial charge in [0.15, 0.2) is 0 Å². The highest BCUT2D eigenvalue weighted by atomic mass is 19.4. The number of nitro groups is 1. The van der Waals surface area contributed by atoms with Gasteiger partial charge in [-0.05, 0) is 24.1 Å². The summed E-state index contributed by atoms with van der Waals surface area (Å²) in [7, 11) is 0. The fourth-order valence-corrected chi connectivity index (χ4v) is 1.41. The summed E-state index contributed by atoms with van der Waals surface area (Å²) in [5.41, 5.74) is 6.41. The third-order valence-corrected chi connectivity index (χ3v) is 2.31. The molecule has 0 amide bonds. The first-order valence-electron chi connectivity index (χ1n) is 5.39. The monoisotopic (exact) mass is 286 g/mol. The molecule has 0 saturated heterocycles. The van der Waals surface area contributed by atoms with Crippen LogP contribution in [-0.4, -0.2) is 11.5 Å². The van der Waals surface area contributed by atoms with E-state index in [9.17, 15) is 23.3 Å². The smallest absolute Gasteiger partial charge is 0.258 e. The van der Waals surface area contributed by atoms with Crippen LogP contribution >= 0.6 is 0 Å². The maximum atomic E-state index is 12.5. The molecule has 1 aromatic rings. The maximum absolute atomic E-state index is 12.5. The number of hydrogen-bond donors (Lipinski definition) is 0. The molecule has 1 rings (SSSR count). The van der Waals surface area contributed by atoms with Gasteiger partial charge in [-0.2, -0.15) is 13.2 Å². The molecule has 0 saturated carbocycles. The first-order chi connectivity index (χ1) is 9.36. The van der Waals surface area contributed by atoms with Crippen LogP contribution in [0, 0.1) is 10.1 Å². The van der Waals surface area contributed by atoms with Crippen molar-refractivity contribution < 1.29 is 18.1 Å². The molecule has 0 aliphatic carbocycles. The van der Waals surface area contributed by atoms with Gasteiger partial charge in [-0.15, -0.1) is 0 Å². The van der Waals surface area contributed by atoms with Gasteiger partial charge in [-0.1, -0.05) is 17.3 Å². The number of azide groups is 1. The van der Waals surface area contributed by atoms with Crippen molar-refractivity contribution in [3.8, 4) is 0 Å². The third kappa shape index (κ3) is 4.29. The predicted octanol–water partition coefficient (Wildman–Crippen LogP) is 4.33. The minimum Gasteiger partial charge on any atom is -0.258 e. The Morgan fingerprint density at radius 2 is 2.15 bits per heavy atom. The summed E-state index contributed by atoms with van der Waals surface area (Å²) >= 11 is 0. The van der Waals surface area contributed by atoms with Gasteiger partial charge in [-0.3, -0.25) is 10.1 Å². The number of rotatable bonds is 5. The number of nitro benzene ring substituents is 1. The summed E-state index contributed by atoms with van der Waals surface area (Å²) in [4.78, 5) is 12.4. The van der Waals surface area contributed by atoms with Crippen molar-refractivity contribution in [2.75, 3.05) is 6.54 Å². The molecular weight excluding hydrogens is 277 g/mol. The number of hydrogen-bond acceptors (Lipinski definition) is 3. The van der Waals surface area contributed by atoms with Gasteiger partial charge in [-0.25, -0.2) is 0 Å². The summed E-state index contributed by atoms with van der Waals surface area (Å²) in [5, 5.41) is 14.0. The average Bonchev–Trinajstić information content (AvgIpc) is 2.37. The molecule has 0 radical (unpaired) electrons. The largest absolute Gasteiger partial charge is 0.416 e. The number of alkyl halides is 3. The van der Waals surface area contributed by atoms with Crippen molar-refractivity contribution in [2.45, 2.75) is 12.6 Å². The Labute approximate surface area is 111 Å². The Bertz CT molecular complexity index is 578. The summed E-state index contributed by atoms with van der Waals surface area (Å²) in [6.07, 6.45) is -1.48. The molecule has 20 heavy (non-hydrogen) atoms. The summed E-state index contributed by atoms with van der Waals surface area (Å²) in [5.74, 6) is 0. The quantitative estimate of drug-likeness (QED) is 0.201. The van der Waals surface area contributed by atoms with Crippen LogP contribution in [0.3, 0.4) is 0 Å². The van der Waals surface area contributed by atoms with Crippen LogP contribution in [0.5, 0.6) is 0 Å². The van der Waals surface area contributed by atoms with E-state index < -0.39 is 22.4 Å². The maximum Gasteiger partial charge on any atom is 0.416 e. The van der Waals surface area contributed by atoms with Gasteiger partial charge in [0, 0.05) is 17.5 Å². The van der Waals surface area contributed by atoms with Crippen LogP contribution in [0.25, 0.3) is 16.5 Å². The molecule has 0 spiro atoms. The van der Waals surface area contributed by atoms with E-state index >= 15 is 0 Å². The van der Waals surface area contributed by atoms with Gasteiger partial charge in [0.05, 0.1) is 16.1 Å². The molecule has 0 aromatic heterocycles. The lowest BCUT2D eigenvalue weighted by atomic mass is 10.1. The van der Waals surface area contributed by atoms with E-state index in [4.69, 9.17) is 5.53 Å². The second-order valence-corrected chi connectivity index (χ2v) is 3.67. The van der Waals surface area contributed by atoms with E-state index in [0.29, 0.717) is 12.5 Å². The Morgan fingerprint density at radius 1 is 1.45 bits per heavy atom. The molecule has 106 valence electrons. The van der Waals surface area contributed by atoms with E-state index in [1.807, 2.05) is 0 Å². The highest BCUT2D eigenvalue weighted by Crippen LogP contribution is 2.33. The zero-order chi connectivity index (χ0) is 15.2. The highest BCUT2D eigenvalue weighted by Gasteiger charge is 2.32. The zero-order valence-corrected chi connectivity index (χ0v) is 10.0. The Hall–Kier alpha value is -2.54. The van der Waals surface area contributed by atoms with Crippen LogP contribution in [0.15, 0.2) is 29.4 Å². The van der Waals surface area contributed by atoms with E-state index in [1.165, 1.54) is 12.2 Å². The summed E-state index contributed by atoms with van der Waals surface area (Å²) in [6, 6.07) is 2.30.